The molecule has 1 aliphatic heterocycles. The Labute approximate surface area is 145 Å². The molecule has 0 spiro atoms. The van der Waals surface area contributed by atoms with Gasteiger partial charge in [0.15, 0.2) is 0 Å². The van der Waals surface area contributed by atoms with Gasteiger partial charge in [0.2, 0.25) is 10.0 Å². The summed E-state index contributed by atoms with van der Waals surface area (Å²) in [6, 6.07) is 14.3. The molecule has 0 aromatic heterocycles. The number of rotatable bonds is 4. The van der Waals surface area contributed by atoms with Crippen LogP contribution in [0.25, 0.3) is 0 Å². The molecule has 0 unspecified atom stereocenters. The third-order valence-electron chi connectivity index (χ3n) is 4.12. The average molecular weight is 396 g/mol. The molecule has 1 atom stereocenters. The highest BCUT2D eigenvalue weighted by Gasteiger charge is 2.36. The summed E-state index contributed by atoms with van der Waals surface area (Å²) in [6.45, 7) is 0.551. The molecule has 3 rings (SSSR count). The second-order valence-electron chi connectivity index (χ2n) is 5.50. The number of sulfonamides is 1. The number of hydrogen-bond donors (Lipinski definition) is 0. The monoisotopic (exact) mass is 395 g/mol. The highest BCUT2D eigenvalue weighted by molar-refractivity contribution is 9.10. The van der Waals surface area contributed by atoms with E-state index in [1.54, 1.807) is 35.7 Å². The van der Waals surface area contributed by atoms with E-state index in [9.17, 15) is 8.42 Å². The standard InChI is InChI=1S/C17H18BrNO3S/c1-22-15-8-4-13(5-9-15)17-3-2-12-19(17)23(20,21)16-10-6-14(18)7-11-16/h4-11,17H,2-3,12H2,1H3/t17-/m1/s1. The first kappa shape index (κ1) is 16.5. The largest absolute Gasteiger partial charge is 0.497 e. The molecule has 2 aromatic rings. The summed E-state index contributed by atoms with van der Waals surface area (Å²) in [5.41, 5.74) is 1.00. The highest BCUT2D eigenvalue weighted by atomic mass is 79.9. The van der Waals surface area contributed by atoms with E-state index in [4.69, 9.17) is 4.74 Å². The van der Waals surface area contributed by atoms with Crippen LogP contribution in [0.2, 0.25) is 0 Å². The van der Waals surface area contributed by atoms with Crippen molar-refractivity contribution in [3.05, 3.63) is 58.6 Å². The van der Waals surface area contributed by atoms with Crippen molar-refractivity contribution in [3.63, 3.8) is 0 Å². The van der Waals surface area contributed by atoms with E-state index in [2.05, 4.69) is 15.9 Å². The van der Waals surface area contributed by atoms with E-state index in [-0.39, 0.29) is 6.04 Å². The molecular formula is C17H18BrNO3S. The molecule has 1 heterocycles. The zero-order valence-electron chi connectivity index (χ0n) is 12.8. The van der Waals surface area contributed by atoms with E-state index in [0.717, 1.165) is 28.6 Å². The van der Waals surface area contributed by atoms with Crippen LogP contribution in [0.3, 0.4) is 0 Å². The molecule has 1 fully saturated rings. The molecule has 2 aromatic carbocycles. The van der Waals surface area contributed by atoms with E-state index in [1.165, 1.54) is 0 Å². The Morgan fingerprint density at radius 2 is 1.74 bits per heavy atom. The SMILES string of the molecule is COc1ccc([C@H]2CCCN2S(=O)(=O)c2ccc(Br)cc2)cc1. The molecule has 122 valence electrons. The molecule has 23 heavy (non-hydrogen) atoms. The van der Waals surface area contributed by atoms with Gasteiger partial charge in [0.25, 0.3) is 0 Å². The van der Waals surface area contributed by atoms with Gasteiger partial charge in [0.05, 0.1) is 18.0 Å². The summed E-state index contributed by atoms with van der Waals surface area (Å²) in [7, 11) is -1.87. The van der Waals surface area contributed by atoms with Crippen LogP contribution in [0.4, 0.5) is 0 Å². The quantitative estimate of drug-likeness (QED) is 0.786. The molecule has 0 amide bonds. The number of halogens is 1. The summed E-state index contributed by atoms with van der Waals surface area (Å²) in [5.74, 6) is 0.772. The zero-order chi connectivity index (χ0) is 16.4. The first-order valence-corrected chi connectivity index (χ1v) is 9.67. The summed E-state index contributed by atoms with van der Waals surface area (Å²) in [6.07, 6.45) is 1.70. The second kappa shape index (κ2) is 6.63. The van der Waals surface area contributed by atoms with Gasteiger partial charge >= 0.3 is 0 Å². The van der Waals surface area contributed by atoms with Gasteiger partial charge in [-0.05, 0) is 54.8 Å². The van der Waals surface area contributed by atoms with Crippen molar-refractivity contribution < 1.29 is 13.2 Å². The molecule has 0 N–H and O–H groups in total. The van der Waals surface area contributed by atoms with Crippen molar-refractivity contribution in [2.24, 2.45) is 0 Å². The van der Waals surface area contributed by atoms with E-state index in [1.807, 2.05) is 24.3 Å². The topological polar surface area (TPSA) is 46.6 Å². The third-order valence-corrected chi connectivity index (χ3v) is 6.58. The maximum Gasteiger partial charge on any atom is 0.243 e. The number of methoxy groups -OCH3 is 1. The first-order valence-electron chi connectivity index (χ1n) is 7.44. The Bertz CT molecular complexity index is 772. The fourth-order valence-corrected chi connectivity index (χ4v) is 4.88. The van der Waals surface area contributed by atoms with Crippen LogP contribution in [0.5, 0.6) is 5.75 Å². The molecule has 4 nitrogen and oxygen atoms in total. The van der Waals surface area contributed by atoms with Gasteiger partial charge in [-0.25, -0.2) is 8.42 Å². The minimum atomic E-state index is -3.49. The lowest BCUT2D eigenvalue weighted by Crippen LogP contribution is -2.30. The van der Waals surface area contributed by atoms with Crippen molar-refractivity contribution in [1.82, 2.24) is 4.31 Å². The fourth-order valence-electron chi connectivity index (χ4n) is 2.93. The summed E-state index contributed by atoms with van der Waals surface area (Å²) in [4.78, 5) is 0.334. The molecule has 1 saturated heterocycles. The summed E-state index contributed by atoms with van der Waals surface area (Å²) in [5, 5.41) is 0. The Morgan fingerprint density at radius 1 is 1.09 bits per heavy atom. The van der Waals surface area contributed by atoms with Crippen LogP contribution in [-0.4, -0.2) is 26.4 Å². The molecule has 0 aliphatic carbocycles. The first-order chi connectivity index (χ1) is 11.0. The van der Waals surface area contributed by atoms with Crippen molar-refractivity contribution in [3.8, 4) is 5.75 Å². The van der Waals surface area contributed by atoms with Crippen LogP contribution in [0.1, 0.15) is 24.4 Å². The number of hydrogen-bond acceptors (Lipinski definition) is 3. The maximum absolute atomic E-state index is 12.9. The number of ether oxygens (including phenoxy) is 1. The molecule has 0 radical (unpaired) electrons. The van der Waals surface area contributed by atoms with Crippen LogP contribution >= 0.6 is 15.9 Å². The predicted molar refractivity (Wildman–Crippen MR) is 93.0 cm³/mol. The van der Waals surface area contributed by atoms with Gasteiger partial charge < -0.3 is 4.74 Å². The maximum atomic E-state index is 12.9. The normalized spacial score (nSPS) is 19.0. The Kier molecular flexibility index (Phi) is 4.75. The van der Waals surface area contributed by atoms with Crippen LogP contribution in [0.15, 0.2) is 57.9 Å². The summed E-state index contributed by atoms with van der Waals surface area (Å²) < 4.78 is 33.5. The minimum Gasteiger partial charge on any atom is -0.497 e. The second-order valence-corrected chi connectivity index (χ2v) is 8.31. The van der Waals surface area contributed by atoms with Gasteiger partial charge in [-0.2, -0.15) is 4.31 Å². The predicted octanol–water partition coefficient (Wildman–Crippen LogP) is 3.98. The van der Waals surface area contributed by atoms with Gasteiger partial charge in [-0.15, -0.1) is 0 Å². The minimum absolute atomic E-state index is 0.116. The van der Waals surface area contributed by atoms with Crippen molar-refractivity contribution >= 4 is 26.0 Å². The smallest absolute Gasteiger partial charge is 0.243 e. The Balaban J connectivity index is 1.92. The molecule has 6 heteroatoms. The third kappa shape index (κ3) is 3.29. The lowest BCUT2D eigenvalue weighted by molar-refractivity contribution is 0.394. The van der Waals surface area contributed by atoms with E-state index in [0.29, 0.717) is 11.4 Å². The lowest BCUT2D eigenvalue weighted by atomic mass is 10.1. The number of benzene rings is 2. The van der Waals surface area contributed by atoms with Crippen molar-refractivity contribution in [2.45, 2.75) is 23.8 Å². The van der Waals surface area contributed by atoms with Gasteiger partial charge in [-0.3, -0.25) is 0 Å². The average Bonchev–Trinajstić information content (AvgIpc) is 3.06. The zero-order valence-corrected chi connectivity index (χ0v) is 15.2. The van der Waals surface area contributed by atoms with E-state index >= 15 is 0 Å². The lowest BCUT2D eigenvalue weighted by Gasteiger charge is -2.24. The highest BCUT2D eigenvalue weighted by Crippen LogP contribution is 2.37. The van der Waals surface area contributed by atoms with Gasteiger partial charge in [-0.1, -0.05) is 28.1 Å². The molecule has 0 bridgehead atoms. The Morgan fingerprint density at radius 3 is 2.35 bits per heavy atom. The van der Waals surface area contributed by atoms with Gasteiger partial charge in [0.1, 0.15) is 5.75 Å². The van der Waals surface area contributed by atoms with Crippen LogP contribution in [0, 0.1) is 0 Å². The summed E-state index contributed by atoms with van der Waals surface area (Å²) >= 11 is 3.34. The molecule has 1 aliphatic rings. The number of nitrogens with zero attached hydrogens (tertiary/aromatic N) is 1. The fraction of sp³-hybridized carbons (Fsp3) is 0.294. The molecule has 0 saturated carbocycles. The van der Waals surface area contributed by atoms with Gasteiger partial charge in [0, 0.05) is 11.0 Å². The van der Waals surface area contributed by atoms with Crippen molar-refractivity contribution in [2.75, 3.05) is 13.7 Å². The Hall–Kier alpha value is -1.37. The molecular weight excluding hydrogens is 378 g/mol. The van der Waals surface area contributed by atoms with Crippen LogP contribution in [-0.2, 0) is 10.0 Å². The van der Waals surface area contributed by atoms with Crippen molar-refractivity contribution in [1.29, 1.82) is 0 Å². The van der Waals surface area contributed by atoms with E-state index < -0.39 is 10.0 Å². The van der Waals surface area contributed by atoms with Crippen LogP contribution < -0.4 is 4.74 Å².